The third kappa shape index (κ3) is 3.83. The summed E-state index contributed by atoms with van der Waals surface area (Å²) >= 11 is 5.93. The number of aromatic nitrogens is 2. The fourth-order valence-electron chi connectivity index (χ4n) is 3.04. The number of halogens is 1. The molecule has 6 heteroatoms. The molecular weight excluding hydrogens is 336 g/mol. The maximum atomic E-state index is 5.93. The zero-order valence-corrected chi connectivity index (χ0v) is 14.6. The molecule has 3 heterocycles. The maximum absolute atomic E-state index is 5.93. The molecule has 1 aromatic carbocycles. The van der Waals surface area contributed by atoms with Crippen molar-refractivity contribution in [3.63, 3.8) is 0 Å². The molecule has 0 unspecified atom stereocenters. The molecule has 0 aliphatic carbocycles. The van der Waals surface area contributed by atoms with Gasteiger partial charge in [0.25, 0.3) is 0 Å². The Kier molecular flexibility index (Phi) is 4.68. The lowest BCUT2D eigenvalue weighted by atomic mass is 10.1. The smallest absolute Gasteiger partial charge is 0.151 e. The van der Waals surface area contributed by atoms with E-state index in [1.165, 1.54) is 0 Å². The minimum absolute atomic E-state index is 0.721. The zero-order valence-electron chi connectivity index (χ0n) is 13.8. The van der Waals surface area contributed by atoms with E-state index in [1.807, 2.05) is 48.7 Å². The number of nitrogens with zero attached hydrogens (tertiary/aromatic N) is 4. The van der Waals surface area contributed by atoms with Gasteiger partial charge < -0.3 is 9.42 Å². The number of pyridine rings is 1. The third-order valence-corrected chi connectivity index (χ3v) is 4.68. The molecular formula is C19H19ClN4O. The van der Waals surface area contributed by atoms with Gasteiger partial charge in [-0.25, -0.2) is 4.98 Å². The average molecular weight is 355 g/mol. The summed E-state index contributed by atoms with van der Waals surface area (Å²) in [6, 6.07) is 15.7. The van der Waals surface area contributed by atoms with Crippen LogP contribution in [0.5, 0.6) is 0 Å². The van der Waals surface area contributed by atoms with E-state index < -0.39 is 0 Å². The molecule has 0 saturated carbocycles. The van der Waals surface area contributed by atoms with Gasteiger partial charge >= 0.3 is 0 Å². The quantitative estimate of drug-likeness (QED) is 0.714. The van der Waals surface area contributed by atoms with Crippen molar-refractivity contribution >= 4 is 17.4 Å². The molecule has 0 amide bonds. The second-order valence-corrected chi connectivity index (χ2v) is 6.57. The Bertz CT molecular complexity index is 811. The maximum Gasteiger partial charge on any atom is 0.151 e. The molecule has 0 atom stereocenters. The van der Waals surface area contributed by atoms with Gasteiger partial charge in [-0.15, -0.1) is 0 Å². The molecule has 0 spiro atoms. The monoisotopic (exact) mass is 354 g/mol. The van der Waals surface area contributed by atoms with E-state index in [0.717, 1.165) is 60.6 Å². The van der Waals surface area contributed by atoms with Crippen LogP contribution in [0.2, 0.25) is 5.02 Å². The van der Waals surface area contributed by atoms with Crippen LogP contribution in [-0.4, -0.2) is 41.2 Å². The Morgan fingerprint density at radius 3 is 2.52 bits per heavy atom. The number of hydrogen-bond donors (Lipinski definition) is 0. The van der Waals surface area contributed by atoms with Gasteiger partial charge in [0.15, 0.2) is 5.76 Å². The first-order valence-electron chi connectivity index (χ1n) is 8.38. The third-order valence-electron chi connectivity index (χ3n) is 4.42. The fraction of sp³-hybridized carbons (Fsp3) is 0.263. The van der Waals surface area contributed by atoms with Crippen molar-refractivity contribution in [1.82, 2.24) is 15.0 Å². The molecule has 0 radical (unpaired) electrons. The SMILES string of the molecule is Clc1ccc(-c2cc(CN3CCN(c4ccccn4)CC3)on2)cc1. The predicted octanol–water partition coefficient (Wildman–Crippen LogP) is 3.71. The summed E-state index contributed by atoms with van der Waals surface area (Å²) in [5.41, 5.74) is 1.86. The van der Waals surface area contributed by atoms with E-state index in [9.17, 15) is 0 Å². The van der Waals surface area contributed by atoms with Crippen molar-refractivity contribution in [2.45, 2.75) is 6.54 Å². The number of benzene rings is 1. The second kappa shape index (κ2) is 7.25. The van der Waals surface area contributed by atoms with Crippen LogP contribution in [0.1, 0.15) is 5.76 Å². The Morgan fingerprint density at radius 2 is 1.80 bits per heavy atom. The van der Waals surface area contributed by atoms with Crippen LogP contribution in [0.4, 0.5) is 5.82 Å². The molecule has 1 aliphatic rings. The summed E-state index contributed by atoms with van der Waals surface area (Å²) in [5.74, 6) is 1.93. The molecule has 1 saturated heterocycles. The molecule has 1 aliphatic heterocycles. The lowest BCUT2D eigenvalue weighted by Gasteiger charge is -2.34. The van der Waals surface area contributed by atoms with Crippen LogP contribution in [0.25, 0.3) is 11.3 Å². The molecule has 128 valence electrons. The molecule has 2 aromatic heterocycles. The highest BCUT2D eigenvalue weighted by Gasteiger charge is 2.19. The Labute approximate surface area is 151 Å². The average Bonchev–Trinajstić information content (AvgIpc) is 3.12. The predicted molar refractivity (Wildman–Crippen MR) is 98.7 cm³/mol. The van der Waals surface area contributed by atoms with Crippen LogP contribution in [0.15, 0.2) is 59.3 Å². The van der Waals surface area contributed by atoms with Gasteiger partial charge in [0.05, 0.1) is 6.54 Å². The molecule has 25 heavy (non-hydrogen) atoms. The molecule has 0 bridgehead atoms. The summed E-state index contributed by atoms with van der Waals surface area (Å²) in [7, 11) is 0. The van der Waals surface area contributed by atoms with Crippen LogP contribution in [-0.2, 0) is 6.54 Å². The van der Waals surface area contributed by atoms with E-state index in [4.69, 9.17) is 16.1 Å². The van der Waals surface area contributed by atoms with Crippen LogP contribution >= 0.6 is 11.6 Å². The van der Waals surface area contributed by atoms with Gasteiger partial charge in [0, 0.05) is 49.0 Å². The number of anilines is 1. The lowest BCUT2D eigenvalue weighted by Crippen LogP contribution is -2.46. The summed E-state index contributed by atoms with van der Waals surface area (Å²) in [6.45, 7) is 4.67. The van der Waals surface area contributed by atoms with Crippen molar-refractivity contribution < 1.29 is 4.52 Å². The summed E-state index contributed by atoms with van der Waals surface area (Å²) in [4.78, 5) is 9.12. The Hall–Kier alpha value is -2.37. The Morgan fingerprint density at radius 1 is 1.00 bits per heavy atom. The molecule has 5 nitrogen and oxygen atoms in total. The van der Waals surface area contributed by atoms with E-state index in [-0.39, 0.29) is 0 Å². The summed E-state index contributed by atoms with van der Waals surface area (Å²) in [5, 5.41) is 4.90. The highest BCUT2D eigenvalue weighted by Crippen LogP contribution is 2.22. The minimum atomic E-state index is 0.721. The Balaban J connectivity index is 1.35. The van der Waals surface area contributed by atoms with E-state index in [2.05, 4.69) is 26.0 Å². The first-order valence-corrected chi connectivity index (χ1v) is 8.75. The minimum Gasteiger partial charge on any atom is -0.359 e. The van der Waals surface area contributed by atoms with Gasteiger partial charge in [-0.3, -0.25) is 4.90 Å². The van der Waals surface area contributed by atoms with E-state index >= 15 is 0 Å². The highest BCUT2D eigenvalue weighted by atomic mass is 35.5. The number of hydrogen-bond acceptors (Lipinski definition) is 5. The molecule has 1 fully saturated rings. The van der Waals surface area contributed by atoms with Crippen molar-refractivity contribution in [2.24, 2.45) is 0 Å². The highest BCUT2D eigenvalue weighted by molar-refractivity contribution is 6.30. The van der Waals surface area contributed by atoms with Crippen LogP contribution in [0, 0.1) is 0 Å². The largest absolute Gasteiger partial charge is 0.359 e. The fourth-order valence-corrected chi connectivity index (χ4v) is 3.17. The molecule has 3 aromatic rings. The van der Waals surface area contributed by atoms with Crippen molar-refractivity contribution in [2.75, 3.05) is 31.1 Å². The number of piperazine rings is 1. The van der Waals surface area contributed by atoms with Crippen LogP contribution in [0.3, 0.4) is 0 Å². The lowest BCUT2D eigenvalue weighted by molar-refractivity contribution is 0.219. The van der Waals surface area contributed by atoms with Crippen LogP contribution < -0.4 is 4.90 Å². The van der Waals surface area contributed by atoms with Gasteiger partial charge in [0.2, 0.25) is 0 Å². The van der Waals surface area contributed by atoms with Gasteiger partial charge in [-0.2, -0.15) is 0 Å². The van der Waals surface area contributed by atoms with Gasteiger partial charge in [-0.1, -0.05) is 35.0 Å². The molecule has 4 rings (SSSR count). The van der Waals surface area contributed by atoms with Crippen molar-refractivity contribution in [3.8, 4) is 11.3 Å². The van der Waals surface area contributed by atoms with E-state index in [1.54, 1.807) is 0 Å². The van der Waals surface area contributed by atoms with E-state index in [0.29, 0.717) is 0 Å². The normalized spacial score (nSPS) is 15.5. The van der Waals surface area contributed by atoms with Crippen molar-refractivity contribution in [3.05, 3.63) is 65.5 Å². The first kappa shape index (κ1) is 16.1. The summed E-state index contributed by atoms with van der Waals surface area (Å²) in [6.07, 6.45) is 1.84. The summed E-state index contributed by atoms with van der Waals surface area (Å²) < 4.78 is 5.51. The second-order valence-electron chi connectivity index (χ2n) is 6.14. The topological polar surface area (TPSA) is 45.4 Å². The standard InChI is InChI=1S/C19H19ClN4O/c20-16-6-4-15(5-7-16)18-13-17(25-22-18)14-23-9-11-24(12-10-23)19-3-1-2-8-21-19/h1-8,13H,9-12,14H2. The van der Waals surface area contributed by atoms with Gasteiger partial charge in [0.1, 0.15) is 11.5 Å². The zero-order chi connectivity index (χ0) is 17.1. The molecule has 0 N–H and O–H groups in total. The van der Waals surface area contributed by atoms with Gasteiger partial charge in [-0.05, 0) is 24.3 Å². The first-order chi connectivity index (χ1) is 12.3. The van der Waals surface area contributed by atoms with Crippen molar-refractivity contribution in [1.29, 1.82) is 0 Å². The number of rotatable bonds is 4.